The Morgan fingerprint density at radius 1 is 1.28 bits per heavy atom. The highest BCUT2D eigenvalue weighted by molar-refractivity contribution is 5.94. The van der Waals surface area contributed by atoms with Crippen LogP contribution in [-0.2, 0) is 0 Å². The van der Waals surface area contributed by atoms with Crippen molar-refractivity contribution in [1.29, 1.82) is 0 Å². The van der Waals surface area contributed by atoms with Gasteiger partial charge in [-0.1, -0.05) is 12.1 Å². The topological polar surface area (TPSA) is 69.8 Å². The third-order valence-electron chi connectivity index (χ3n) is 4.64. The Morgan fingerprint density at radius 2 is 2.00 bits per heavy atom. The Labute approximate surface area is 148 Å². The van der Waals surface area contributed by atoms with Gasteiger partial charge in [-0.15, -0.1) is 0 Å². The second-order valence-electron chi connectivity index (χ2n) is 7.07. The number of carbonyl (C=O) groups is 1. The van der Waals surface area contributed by atoms with Gasteiger partial charge >= 0.3 is 0 Å². The van der Waals surface area contributed by atoms with Crippen LogP contribution in [0, 0.1) is 11.8 Å². The predicted molar refractivity (Wildman–Crippen MR) is 95.1 cm³/mol. The molecule has 6 heteroatoms. The summed E-state index contributed by atoms with van der Waals surface area (Å²) in [6, 6.07) is 7.39. The number of aliphatic hydroxyl groups excluding tert-OH is 1. The molecule has 0 aliphatic carbocycles. The van der Waals surface area contributed by atoms with E-state index in [0.717, 1.165) is 25.1 Å². The van der Waals surface area contributed by atoms with E-state index < -0.39 is 0 Å². The molecule has 0 radical (unpaired) electrons. The maximum absolute atomic E-state index is 12.9. The molecule has 0 unspecified atom stereocenters. The highest BCUT2D eigenvalue weighted by atomic mass is 16.3. The molecule has 1 fully saturated rings. The van der Waals surface area contributed by atoms with Gasteiger partial charge in [-0.2, -0.15) is 0 Å². The lowest BCUT2D eigenvalue weighted by Gasteiger charge is -2.38. The number of rotatable bonds is 5. The van der Waals surface area contributed by atoms with E-state index in [9.17, 15) is 9.90 Å². The lowest BCUT2D eigenvalue weighted by atomic mass is 9.89. The van der Waals surface area contributed by atoms with Gasteiger partial charge in [0.25, 0.3) is 5.91 Å². The molecule has 1 N–H and O–H groups in total. The molecule has 0 bridgehead atoms. The van der Waals surface area contributed by atoms with E-state index in [4.69, 9.17) is 4.42 Å². The zero-order valence-corrected chi connectivity index (χ0v) is 14.8. The Kier molecular flexibility index (Phi) is 5.50. The van der Waals surface area contributed by atoms with Crippen molar-refractivity contribution in [2.24, 2.45) is 11.8 Å². The third-order valence-corrected chi connectivity index (χ3v) is 4.64. The predicted octanol–water partition coefficient (Wildman–Crippen LogP) is 1.97. The van der Waals surface area contributed by atoms with Crippen LogP contribution in [0.15, 0.2) is 41.3 Å². The second kappa shape index (κ2) is 7.80. The Balaban J connectivity index is 1.72. The molecule has 2 heterocycles. The third kappa shape index (κ3) is 4.27. The zero-order chi connectivity index (χ0) is 17.8. The number of amides is 1. The van der Waals surface area contributed by atoms with Crippen molar-refractivity contribution in [3.8, 4) is 11.3 Å². The number of likely N-dealkylation sites (tertiary alicyclic amines) is 1. The van der Waals surface area contributed by atoms with Gasteiger partial charge in [0.05, 0.1) is 6.20 Å². The van der Waals surface area contributed by atoms with E-state index in [-0.39, 0.29) is 18.4 Å². The molecule has 0 spiro atoms. The standard InChI is InChI=1S/C19H25N3O3/c1-21(2)9-14-7-15(12-23)11-22(10-14)19(24)17-5-3-16(4-6-17)18-8-20-13-25-18/h3-6,8,13-15,23H,7,9-12H2,1-2H3/t14-,15+/m1/s1. The van der Waals surface area contributed by atoms with E-state index >= 15 is 0 Å². The number of carbonyl (C=O) groups excluding carboxylic acids is 1. The summed E-state index contributed by atoms with van der Waals surface area (Å²) in [5.41, 5.74) is 1.55. The van der Waals surface area contributed by atoms with Crippen LogP contribution in [0.3, 0.4) is 0 Å². The molecular weight excluding hydrogens is 318 g/mol. The maximum Gasteiger partial charge on any atom is 0.253 e. The summed E-state index contributed by atoms with van der Waals surface area (Å²) in [5.74, 6) is 1.24. The van der Waals surface area contributed by atoms with Crippen LogP contribution < -0.4 is 0 Å². The number of nitrogens with zero attached hydrogens (tertiary/aromatic N) is 3. The largest absolute Gasteiger partial charge is 0.444 e. The monoisotopic (exact) mass is 343 g/mol. The van der Waals surface area contributed by atoms with Gasteiger partial charge in [0.15, 0.2) is 12.2 Å². The number of aromatic nitrogens is 1. The summed E-state index contributed by atoms with van der Waals surface area (Å²) < 4.78 is 5.28. The minimum atomic E-state index is 0.0195. The fraction of sp³-hybridized carbons (Fsp3) is 0.474. The Bertz CT molecular complexity index is 682. The van der Waals surface area contributed by atoms with Crippen LogP contribution >= 0.6 is 0 Å². The van der Waals surface area contributed by atoms with Crippen molar-refractivity contribution in [2.75, 3.05) is 40.3 Å². The van der Waals surface area contributed by atoms with Gasteiger partial charge < -0.3 is 19.3 Å². The molecule has 1 amide bonds. The van der Waals surface area contributed by atoms with Gasteiger partial charge in [0.2, 0.25) is 0 Å². The fourth-order valence-corrected chi connectivity index (χ4v) is 3.58. The number of piperidine rings is 1. The smallest absolute Gasteiger partial charge is 0.253 e. The van der Waals surface area contributed by atoms with Crippen molar-refractivity contribution < 1.29 is 14.3 Å². The molecule has 25 heavy (non-hydrogen) atoms. The first-order valence-corrected chi connectivity index (χ1v) is 8.60. The first kappa shape index (κ1) is 17.6. The molecule has 1 aliphatic rings. The summed E-state index contributed by atoms with van der Waals surface area (Å²) in [6.45, 7) is 2.39. The number of hydrogen-bond acceptors (Lipinski definition) is 5. The SMILES string of the molecule is CN(C)C[C@H]1C[C@H](CO)CN(C(=O)c2ccc(-c3cnco3)cc2)C1. The number of oxazole rings is 1. The lowest BCUT2D eigenvalue weighted by molar-refractivity contribution is 0.0478. The van der Waals surface area contributed by atoms with Gasteiger partial charge in [-0.05, 0) is 44.5 Å². The van der Waals surface area contributed by atoms with Gasteiger partial charge in [0, 0.05) is 37.4 Å². The number of benzene rings is 1. The quantitative estimate of drug-likeness (QED) is 0.899. The summed E-state index contributed by atoms with van der Waals surface area (Å²) in [5, 5.41) is 9.59. The van der Waals surface area contributed by atoms with Gasteiger partial charge in [-0.25, -0.2) is 4.98 Å². The van der Waals surface area contributed by atoms with Gasteiger partial charge in [-0.3, -0.25) is 4.79 Å². The van der Waals surface area contributed by atoms with E-state index in [0.29, 0.717) is 23.8 Å². The molecule has 1 aromatic heterocycles. The van der Waals surface area contributed by atoms with Crippen molar-refractivity contribution in [2.45, 2.75) is 6.42 Å². The molecular formula is C19H25N3O3. The van der Waals surface area contributed by atoms with E-state index in [1.807, 2.05) is 43.3 Å². The minimum Gasteiger partial charge on any atom is -0.444 e. The highest BCUT2D eigenvalue weighted by Gasteiger charge is 2.30. The number of hydrogen-bond donors (Lipinski definition) is 1. The zero-order valence-electron chi connectivity index (χ0n) is 14.8. The average Bonchev–Trinajstić information content (AvgIpc) is 3.15. The molecule has 3 rings (SSSR count). The van der Waals surface area contributed by atoms with E-state index in [1.165, 1.54) is 6.39 Å². The van der Waals surface area contributed by atoms with Crippen LogP contribution in [-0.4, -0.2) is 66.1 Å². The van der Waals surface area contributed by atoms with E-state index in [2.05, 4.69) is 9.88 Å². The van der Waals surface area contributed by atoms with Crippen LogP contribution in [0.5, 0.6) is 0 Å². The molecule has 2 aromatic rings. The molecule has 6 nitrogen and oxygen atoms in total. The van der Waals surface area contributed by atoms with E-state index in [1.54, 1.807) is 6.20 Å². The van der Waals surface area contributed by atoms with Crippen molar-refractivity contribution in [3.05, 3.63) is 42.4 Å². The molecule has 1 aliphatic heterocycles. The summed E-state index contributed by atoms with van der Waals surface area (Å²) in [6.07, 6.45) is 4.00. The maximum atomic E-state index is 12.9. The van der Waals surface area contributed by atoms with Crippen molar-refractivity contribution in [1.82, 2.24) is 14.8 Å². The first-order chi connectivity index (χ1) is 12.1. The van der Waals surface area contributed by atoms with Crippen molar-refractivity contribution in [3.63, 3.8) is 0 Å². The second-order valence-corrected chi connectivity index (χ2v) is 7.07. The molecule has 0 saturated carbocycles. The molecule has 1 aromatic carbocycles. The van der Waals surface area contributed by atoms with Crippen LogP contribution in [0.4, 0.5) is 0 Å². The molecule has 134 valence electrons. The Morgan fingerprint density at radius 3 is 2.60 bits per heavy atom. The van der Waals surface area contributed by atoms with Gasteiger partial charge in [0.1, 0.15) is 0 Å². The van der Waals surface area contributed by atoms with Crippen molar-refractivity contribution >= 4 is 5.91 Å². The average molecular weight is 343 g/mol. The molecule has 1 saturated heterocycles. The number of aliphatic hydroxyl groups is 1. The summed E-state index contributed by atoms with van der Waals surface area (Å²) >= 11 is 0. The summed E-state index contributed by atoms with van der Waals surface area (Å²) in [4.78, 5) is 20.8. The summed E-state index contributed by atoms with van der Waals surface area (Å²) in [7, 11) is 4.08. The first-order valence-electron chi connectivity index (χ1n) is 8.60. The highest BCUT2D eigenvalue weighted by Crippen LogP contribution is 2.25. The van der Waals surface area contributed by atoms with Crippen LogP contribution in [0.2, 0.25) is 0 Å². The fourth-order valence-electron chi connectivity index (χ4n) is 3.58. The molecule has 2 atom stereocenters. The normalized spacial score (nSPS) is 20.9. The lowest BCUT2D eigenvalue weighted by Crippen LogP contribution is -2.47. The van der Waals surface area contributed by atoms with Crippen LogP contribution in [0.25, 0.3) is 11.3 Å². The minimum absolute atomic E-state index is 0.0195. The van der Waals surface area contributed by atoms with Crippen LogP contribution in [0.1, 0.15) is 16.8 Å². The Hall–Kier alpha value is -2.18.